The molecule has 0 bridgehead atoms. The van der Waals surface area contributed by atoms with E-state index in [1.54, 1.807) is 48.5 Å². The maximum absolute atomic E-state index is 12.1. The highest BCUT2D eigenvalue weighted by atomic mass is 35.5. The van der Waals surface area contributed by atoms with E-state index in [1.807, 2.05) is 0 Å². The second-order valence-corrected chi connectivity index (χ2v) is 7.85. The van der Waals surface area contributed by atoms with Gasteiger partial charge in [0.2, 0.25) is 0 Å². The number of benzene rings is 2. The summed E-state index contributed by atoms with van der Waals surface area (Å²) < 4.78 is 6.00. The summed E-state index contributed by atoms with van der Waals surface area (Å²) in [6.45, 7) is 0. The average molecular weight is 422 g/mol. The number of anilines is 3. The predicted molar refractivity (Wildman–Crippen MR) is 118 cm³/mol. The number of hydrogen-bond donors (Lipinski definition) is 2. The quantitative estimate of drug-likeness (QED) is 0.575. The first-order valence-electron chi connectivity index (χ1n) is 9.83. The molecule has 152 valence electrons. The Balaban J connectivity index is 1.34. The van der Waals surface area contributed by atoms with Crippen molar-refractivity contribution in [2.45, 2.75) is 37.8 Å². The fourth-order valence-corrected chi connectivity index (χ4v) is 3.88. The first-order valence-corrected chi connectivity index (χ1v) is 10.2. The Kier molecular flexibility index (Phi) is 5.73. The number of nitrogens with one attached hydrogen (secondary N) is 2. The molecule has 2 N–H and O–H groups in total. The summed E-state index contributed by atoms with van der Waals surface area (Å²) in [5.74, 6) is 0.751. The largest absolute Gasteiger partial charge is 0.490 e. The molecule has 1 aliphatic rings. The van der Waals surface area contributed by atoms with Gasteiger partial charge in [0.15, 0.2) is 0 Å². The number of hydrogen-bond acceptors (Lipinski definition) is 6. The molecule has 0 spiro atoms. The van der Waals surface area contributed by atoms with Gasteiger partial charge in [-0.3, -0.25) is 9.59 Å². The number of nitriles is 1. The van der Waals surface area contributed by atoms with E-state index in [4.69, 9.17) is 21.6 Å². The van der Waals surface area contributed by atoms with Crippen molar-refractivity contribution < 1.29 is 4.74 Å². The first-order chi connectivity index (χ1) is 14.5. The Labute approximate surface area is 178 Å². The van der Waals surface area contributed by atoms with Crippen LogP contribution in [-0.2, 0) is 0 Å². The third-order valence-electron chi connectivity index (χ3n) is 5.31. The summed E-state index contributed by atoms with van der Waals surface area (Å²) in [6.07, 6.45) is 3.42. The molecule has 0 heterocycles. The van der Waals surface area contributed by atoms with E-state index in [9.17, 15) is 9.59 Å². The molecule has 30 heavy (non-hydrogen) atoms. The Morgan fingerprint density at radius 2 is 1.67 bits per heavy atom. The van der Waals surface area contributed by atoms with Gasteiger partial charge in [-0.05, 0) is 68.1 Å². The zero-order chi connectivity index (χ0) is 21.1. The molecule has 4 rings (SSSR count). The van der Waals surface area contributed by atoms with E-state index < -0.39 is 10.9 Å². The summed E-state index contributed by atoms with van der Waals surface area (Å²) in [6, 6.07) is 16.3. The number of nitrogens with zero attached hydrogens (tertiary/aromatic N) is 1. The minimum Gasteiger partial charge on any atom is -0.490 e. The molecule has 3 aromatic rings. The van der Waals surface area contributed by atoms with Gasteiger partial charge in [0.05, 0.1) is 17.7 Å². The van der Waals surface area contributed by atoms with Crippen LogP contribution in [0.25, 0.3) is 0 Å². The predicted octanol–water partition coefficient (Wildman–Crippen LogP) is 4.35. The maximum Gasteiger partial charge on any atom is 0.253 e. The molecule has 1 saturated carbocycles. The van der Waals surface area contributed by atoms with Crippen molar-refractivity contribution in [1.29, 1.82) is 5.26 Å². The van der Waals surface area contributed by atoms with Crippen LogP contribution in [0.2, 0.25) is 5.02 Å². The van der Waals surface area contributed by atoms with Crippen LogP contribution in [-0.4, -0.2) is 12.1 Å². The van der Waals surface area contributed by atoms with E-state index in [0.29, 0.717) is 27.6 Å². The molecule has 1 aliphatic carbocycles. The summed E-state index contributed by atoms with van der Waals surface area (Å²) in [5.41, 5.74) is 0.892. The van der Waals surface area contributed by atoms with Crippen molar-refractivity contribution in [1.82, 2.24) is 0 Å². The summed E-state index contributed by atoms with van der Waals surface area (Å²) in [5, 5.41) is 15.7. The Hall–Kier alpha value is -3.30. The zero-order valence-electron chi connectivity index (χ0n) is 16.2. The van der Waals surface area contributed by atoms with Gasteiger partial charge in [0.25, 0.3) is 10.9 Å². The number of halogens is 1. The van der Waals surface area contributed by atoms with Crippen LogP contribution in [0.15, 0.2) is 58.1 Å². The highest BCUT2D eigenvalue weighted by Crippen LogP contribution is 2.28. The van der Waals surface area contributed by atoms with E-state index >= 15 is 0 Å². The number of ether oxygens (including phenoxy) is 1. The molecule has 0 amide bonds. The highest BCUT2D eigenvalue weighted by Gasteiger charge is 2.27. The monoisotopic (exact) mass is 421 g/mol. The first kappa shape index (κ1) is 20.0. The third kappa shape index (κ3) is 4.32. The topological polar surface area (TPSA) is 91.2 Å². The summed E-state index contributed by atoms with van der Waals surface area (Å²) in [7, 11) is 0. The fourth-order valence-electron chi connectivity index (χ4n) is 3.69. The van der Waals surface area contributed by atoms with Crippen molar-refractivity contribution in [3.8, 4) is 11.8 Å². The van der Waals surface area contributed by atoms with Gasteiger partial charge >= 0.3 is 0 Å². The van der Waals surface area contributed by atoms with E-state index in [0.717, 1.165) is 31.4 Å². The van der Waals surface area contributed by atoms with Crippen LogP contribution < -0.4 is 26.2 Å². The smallest absolute Gasteiger partial charge is 0.253 e. The fraction of sp³-hybridized carbons (Fsp3) is 0.261. The van der Waals surface area contributed by atoms with Gasteiger partial charge in [0.1, 0.15) is 17.1 Å². The molecule has 0 aromatic heterocycles. The lowest BCUT2D eigenvalue weighted by Gasteiger charge is -2.30. The Morgan fingerprint density at radius 1 is 0.967 bits per heavy atom. The molecule has 1 fully saturated rings. The van der Waals surface area contributed by atoms with Crippen LogP contribution >= 0.6 is 11.6 Å². The molecule has 0 saturated heterocycles. The summed E-state index contributed by atoms with van der Waals surface area (Å²) in [4.78, 5) is 24.1. The SMILES string of the molecule is N#Cc1ccc(OC2CCC(Nc3c(Nc4cccc(Cl)c4)c(=O)c3=O)CC2)cc1. The molecular formula is C23H20ClN3O3. The molecule has 0 aliphatic heterocycles. The molecule has 6 nitrogen and oxygen atoms in total. The van der Waals surface area contributed by atoms with Gasteiger partial charge < -0.3 is 15.4 Å². The van der Waals surface area contributed by atoms with Crippen molar-refractivity contribution >= 4 is 28.7 Å². The lowest BCUT2D eigenvalue weighted by Crippen LogP contribution is -2.40. The second kappa shape index (κ2) is 8.60. The maximum atomic E-state index is 12.1. The molecule has 0 atom stereocenters. The van der Waals surface area contributed by atoms with E-state index in [-0.39, 0.29) is 12.1 Å². The standard InChI is InChI=1S/C23H20ClN3O3/c24-15-2-1-3-17(12-15)27-21-20(22(28)23(21)29)26-16-6-10-19(11-7-16)30-18-8-4-14(13-25)5-9-18/h1-5,8-9,12,16,19,26-27H,6-7,10-11H2. The normalized spacial score (nSPS) is 18.5. The minimum absolute atomic E-state index is 0.0905. The van der Waals surface area contributed by atoms with Gasteiger partial charge in [-0.15, -0.1) is 0 Å². The van der Waals surface area contributed by atoms with Gasteiger partial charge in [-0.1, -0.05) is 17.7 Å². The Bertz CT molecular complexity index is 1150. The molecule has 0 radical (unpaired) electrons. The minimum atomic E-state index is -0.518. The van der Waals surface area contributed by atoms with Crippen molar-refractivity contribution in [2.24, 2.45) is 0 Å². The van der Waals surface area contributed by atoms with Crippen LogP contribution in [0.4, 0.5) is 17.1 Å². The van der Waals surface area contributed by atoms with Crippen molar-refractivity contribution in [2.75, 3.05) is 10.6 Å². The average Bonchev–Trinajstić information content (AvgIpc) is 2.77. The third-order valence-corrected chi connectivity index (χ3v) is 5.55. The lowest BCUT2D eigenvalue weighted by atomic mass is 9.92. The van der Waals surface area contributed by atoms with Crippen molar-refractivity contribution in [3.05, 3.63) is 79.6 Å². The van der Waals surface area contributed by atoms with E-state index in [2.05, 4.69) is 16.7 Å². The number of rotatable bonds is 6. The summed E-state index contributed by atoms with van der Waals surface area (Å²) >= 11 is 5.98. The van der Waals surface area contributed by atoms with Crippen LogP contribution in [0.5, 0.6) is 5.75 Å². The molecule has 3 aromatic carbocycles. The molecule has 0 unspecified atom stereocenters. The van der Waals surface area contributed by atoms with Crippen LogP contribution in [0.3, 0.4) is 0 Å². The zero-order valence-corrected chi connectivity index (χ0v) is 16.9. The molecular weight excluding hydrogens is 402 g/mol. The van der Waals surface area contributed by atoms with Gasteiger partial charge in [-0.2, -0.15) is 5.26 Å². The van der Waals surface area contributed by atoms with Crippen LogP contribution in [0, 0.1) is 11.3 Å². The lowest BCUT2D eigenvalue weighted by molar-refractivity contribution is 0.150. The van der Waals surface area contributed by atoms with Crippen LogP contribution in [0.1, 0.15) is 31.2 Å². The highest BCUT2D eigenvalue weighted by molar-refractivity contribution is 6.30. The van der Waals surface area contributed by atoms with Gasteiger partial charge in [-0.25, -0.2) is 0 Å². The Morgan fingerprint density at radius 3 is 2.33 bits per heavy atom. The van der Waals surface area contributed by atoms with E-state index in [1.165, 1.54) is 0 Å². The van der Waals surface area contributed by atoms with Gasteiger partial charge in [0, 0.05) is 16.8 Å². The van der Waals surface area contributed by atoms with Crippen molar-refractivity contribution in [3.63, 3.8) is 0 Å². The molecule has 7 heteroatoms. The second-order valence-electron chi connectivity index (χ2n) is 7.42.